The Morgan fingerprint density at radius 3 is 2.65 bits per heavy atom. The number of nitrogens with zero attached hydrogens (tertiary/aromatic N) is 3. The first-order valence-corrected chi connectivity index (χ1v) is 10.2. The summed E-state index contributed by atoms with van der Waals surface area (Å²) in [5.41, 5.74) is 0.128. The Morgan fingerprint density at radius 2 is 2.03 bits per heavy atom. The molecular weight excluding hydrogens is 435 g/mol. The number of hydrogen-bond acceptors (Lipinski definition) is 5. The number of rotatable bonds is 5. The number of carbonyl (C=O) groups is 1. The summed E-state index contributed by atoms with van der Waals surface area (Å²) < 4.78 is 39.5. The van der Waals surface area contributed by atoms with Crippen LogP contribution in [0.4, 0.5) is 29.5 Å². The van der Waals surface area contributed by atoms with E-state index in [2.05, 4.69) is 27.5 Å². The largest absolute Gasteiger partial charge is 0.433 e. The van der Waals surface area contributed by atoms with Gasteiger partial charge < -0.3 is 20.6 Å². The van der Waals surface area contributed by atoms with Gasteiger partial charge in [0.05, 0.1) is 29.2 Å². The van der Waals surface area contributed by atoms with Crippen LogP contribution in [-0.2, 0) is 19.3 Å². The lowest BCUT2D eigenvalue weighted by atomic mass is 9.99. The van der Waals surface area contributed by atoms with Crippen LogP contribution in [0.3, 0.4) is 0 Å². The molecule has 2 amide bonds. The van der Waals surface area contributed by atoms with Crippen molar-refractivity contribution in [3.8, 4) is 0 Å². The van der Waals surface area contributed by atoms with Gasteiger partial charge in [-0.15, -0.1) is 0 Å². The number of aromatic nitrogens is 2. The van der Waals surface area contributed by atoms with Crippen molar-refractivity contribution >= 4 is 29.1 Å². The second-order valence-electron chi connectivity index (χ2n) is 7.46. The molecule has 168 valence electrons. The summed E-state index contributed by atoms with van der Waals surface area (Å²) in [6.45, 7) is 2.99. The number of aliphatic hydroxyl groups excluding tert-OH is 1. The second-order valence-corrected chi connectivity index (χ2v) is 7.87. The third kappa shape index (κ3) is 5.98. The van der Waals surface area contributed by atoms with Gasteiger partial charge in [0.15, 0.2) is 0 Å². The van der Waals surface area contributed by atoms with Crippen molar-refractivity contribution in [2.45, 2.75) is 39.1 Å². The monoisotopic (exact) mass is 457 g/mol. The van der Waals surface area contributed by atoms with Gasteiger partial charge in [0.1, 0.15) is 11.5 Å². The van der Waals surface area contributed by atoms with Gasteiger partial charge in [-0.2, -0.15) is 13.2 Å². The Kier molecular flexibility index (Phi) is 7.22. The highest BCUT2D eigenvalue weighted by Gasteiger charge is 2.34. The third-order valence-corrected chi connectivity index (χ3v) is 5.42. The van der Waals surface area contributed by atoms with Crippen LogP contribution in [0, 0.1) is 5.92 Å². The quantitative estimate of drug-likeness (QED) is 0.626. The number of anilines is 2. The minimum atomic E-state index is -4.55. The summed E-state index contributed by atoms with van der Waals surface area (Å²) in [4.78, 5) is 21.9. The fraction of sp³-hybridized carbons (Fsp3) is 0.450. The number of aliphatic hydroxyl groups is 1. The van der Waals surface area contributed by atoms with Gasteiger partial charge in [-0.25, -0.2) is 9.78 Å². The first kappa shape index (κ1) is 23.1. The number of urea groups is 1. The van der Waals surface area contributed by atoms with Gasteiger partial charge >= 0.3 is 12.2 Å². The van der Waals surface area contributed by atoms with Crippen molar-refractivity contribution in [3.63, 3.8) is 0 Å². The summed E-state index contributed by atoms with van der Waals surface area (Å²) in [6.07, 6.45) is -1.48. The topological polar surface area (TPSA) is 90.4 Å². The van der Waals surface area contributed by atoms with E-state index in [4.69, 9.17) is 16.7 Å². The van der Waals surface area contributed by atoms with Gasteiger partial charge in [-0.1, -0.05) is 24.6 Å². The maximum absolute atomic E-state index is 13.2. The van der Waals surface area contributed by atoms with Crippen LogP contribution in [0.15, 0.2) is 24.4 Å². The lowest BCUT2D eigenvalue weighted by Gasteiger charge is -2.33. The van der Waals surface area contributed by atoms with Crippen LogP contribution >= 0.6 is 11.6 Å². The summed E-state index contributed by atoms with van der Waals surface area (Å²) in [7, 11) is 0. The number of piperidine rings is 1. The van der Waals surface area contributed by atoms with Crippen LogP contribution in [0.1, 0.15) is 36.7 Å². The molecule has 1 saturated heterocycles. The first-order valence-electron chi connectivity index (χ1n) is 9.79. The van der Waals surface area contributed by atoms with E-state index < -0.39 is 17.9 Å². The molecule has 7 nitrogen and oxygen atoms in total. The SMILES string of the molecule is CC1CCN(c2nc(C(F)(F)F)ccc2CNC(=O)Nc2cnc(CO)c(Cl)c2)CC1. The smallest absolute Gasteiger partial charge is 0.390 e. The zero-order chi connectivity index (χ0) is 22.6. The number of hydrogen-bond donors (Lipinski definition) is 3. The van der Waals surface area contributed by atoms with Gasteiger partial charge in [0.2, 0.25) is 0 Å². The van der Waals surface area contributed by atoms with Gasteiger partial charge in [-0.3, -0.25) is 4.98 Å². The van der Waals surface area contributed by atoms with E-state index >= 15 is 0 Å². The zero-order valence-corrected chi connectivity index (χ0v) is 17.6. The van der Waals surface area contributed by atoms with Crippen molar-refractivity contribution in [2.75, 3.05) is 23.3 Å². The molecule has 11 heteroatoms. The number of pyridine rings is 2. The fourth-order valence-electron chi connectivity index (χ4n) is 3.27. The number of halogens is 4. The van der Waals surface area contributed by atoms with Crippen LogP contribution < -0.4 is 15.5 Å². The summed E-state index contributed by atoms with van der Waals surface area (Å²) >= 11 is 5.95. The average Bonchev–Trinajstić information content (AvgIpc) is 2.72. The molecule has 31 heavy (non-hydrogen) atoms. The maximum atomic E-state index is 13.2. The molecule has 3 heterocycles. The van der Waals surface area contributed by atoms with Gasteiger partial charge in [0.25, 0.3) is 0 Å². The molecule has 1 fully saturated rings. The predicted octanol–water partition coefficient (Wildman–Crippen LogP) is 4.20. The van der Waals surface area contributed by atoms with E-state index in [1.807, 2.05) is 4.90 Å². The highest BCUT2D eigenvalue weighted by molar-refractivity contribution is 6.31. The van der Waals surface area contributed by atoms with Gasteiger partial charge in [-0.05, 0) is 30.9 Å². The van der Waals surface area contributed by atoms with E-state index in [0.29, 0.717) is 30.3 Å². The Hall–Kier alpha value is -2.59. The summed E-state index contributed by atoms with van der Waals surface area (Å²) in [5, 5.41) is 14.5. The number of amides is 2. The van der Waals surface area contributed by atoms with Crippen molar-refractivity contribution in [2.24, 2.45) is 5.92 Å². The third-order valence-electron chi connectivity index (χ3n) is 5.09. The van der Waals surface area contributed by atoms with Crippen LogP contribution in [0.5, 0.6) is 0 Å². The highest BCUT2D eigenvalue weighted by Crippen LogP contribution is 2.32. The summed E-state index contributed by atoms with van der Waals surface area (Å²) in [6, 6.07) is 3.13. The van der Waals surface area contributed by atoms with Crippen LogP contribution in [0.25, 0.3) is 0 Å². The first-order chi connectivity index (χ1) is 14.7. The molecule has 1 aliphatic rings. The second kappa shape index (κ2) is 9.69. The Balaban J connectivity index is 1.72. The molecule has 0 saturated carbocycles. The molecular formula is C20H23ClF3N5O2. The average molecular weight is 458 g/mol. The standard InChI is InChI=1S/C20H23ClF3N5O2/c1-12-4-6-29(7-5-12)18-13(2-3-17(28-18)20(22,23)24)9-26-19(31)27-14-8-15(21)16(11-30)25-10-14/h2-3,8,10,12,30H,4-7,9,11H2,1H3,(H2,26,27,31). The summed E-state index contributed by atoms with van der Waals surface area (Å²) in [5.74, 6) is 0.742. The van der Waals surface area contributed by atoms with Crippen molar-refractivity contribution < 1.29 is 23.1 Å². The zero-order valence-electron chi connectivity index (χ0n) is 16.8. The lowest BCUT2D eigenvalue weighted by molar-refractivity contribution is -0.141. The minimum absolute atomic E-state index is 0.00571. The van der Waals surface area contributed by atoms with Crippen molar-refractivity contribution in [1.29, 1.82) is 0 Å². The van der Waals surface area contributed by atoms with Crippen molar-refractivity contribution in [1.82, 2.24) is 15.3 Å². The maximum Gasteiger partial charge on any atom is 0.433 e. The molecule has 0 aromatic carbocycles. The van der Waals surface area contributed by atoms with Gasteiger partial charge in [0, 0.05) is 25.2 Å². The van der Waals surface area contributed by atoms with E-state index in [-0.39, 0.29) is 29.7 Å². The number of carbonyl (C=O) groups excluding carboxylic acids is 1. The number of nitrogens with one attached hydrogen (secondary N) is 2. The molecule has 3 rings (SSSR count). The Morgan fingerprint density at radius 1 is 1.32 bits per heavy atom. The number of alkyl halides is 3. The van der Waals surface area contributed by atoms with Crippen molar-refractivity contribution in [3.05, 3.63) is 46.4 Å². The molecule has 0 unspecified atom stereocenters. The molecule has 2 aromatic rings. The molecule has 0 bridgehead atoms. The van der Waals surface area contributed by atoms with E-state index in [1.165, 1.54) is 18.3 Å². The Labute approximate surface area is 182 Å². The van der Waals surface area contributed by atoms with E-state index in [0.717, 1.165) is 18.9 Å². The molecule has 3 N–H and O–H groups in total. The fourth-order valence-corrected chi connectivity index (χ4v) is 3.50. The van der Waals surface area contributed by atoms with Crippen LogP contribution in [-0.4, -0.2) is 34.2 Å². The molecule has 0 aliphatic carbocycles. The Bertz CT molecular complexity index is 934. The molecule has 0 spiro atoms. The van der Waals surface area contributed by atoms with E-state index in [1.54, 1.807) is 0 Å². The van der Waals surface area contributed by atoms with E-state index in [9.17, 15) is 18.0 Å². The minimum Gasteiger partial charge on any atom is -0.390 e. The predicted molar refractivity (Wildman–Crippen MR) is 111 cm³/mol. The highest BCUT2D eigenvalue weighted by atomic mass is 35.5. The normalized spacial score (nSPS) is 15.1. The molecule has 0 atom stereocenters. The molecule has 2 aromatic heterocycles. The lowest BCUT2D eigenvalue weighted by Crippen LogP contribution is -2.35. The van der Waals surface area contributed by atoms with Crippen LogP contribution in [0.2, 0.25) is 5.02 Å². The molecule has 0 radical (unpaired) electrons. The molecule has 1 aliphatic heterocycles.